The van der Waals surface area contributed by atoms with Crippen molar-refractivity contribution in [3.8, 4) is 0 Å². The minimum absolute atomic E-state index is 0.319. The summed E-state index contributed by atoms with van der Waals surface area (Å²) >= 11 is 0. The van der Waals surface area contributed by atoms with Gasteiger partial charge in [-0.05, 0) is 19.5 Å². The SMILES string of the molecule is CC(c1ccccc1)N(C)CC1CNCCO1. The first-order valence-electron chi connectivity index (χ1n) is 6.35. The van der Waals surface area contributed by atoms with E-state index in [1.807, 2.05) is 0 Å². The lowest BCUT2D eigenvalue weighted by Crippen LogP contribution is -2.44. The van der Waals surface area contributed by atoms with Crippen molar-refractivity contribution in [1.29, 1.82) is 0 Å². The Kier molecular flexibility index (Phi) is 4.54. The Labute approximate surface area is 104 Å². The van der Waals surface area contributed by atoms with E-state index in [1.54, 1.807) is 0 Å². The normalized spacial score (nSPS) is 22.6. The summed E-state index contributed by atoms with van der Waals surface area (Å²) in [5, 5.41) is 3.37. The summed E-state index contributed by atoms with van der Waals surface area (Å²) < 4.78 is 5.73. The van der Waals surface area contributed by atoms with Crippen molar-refractivity contribution in [2.45, 2.75) is 19.1 Å². The number of nitrogens with one attached hydrogen (secondary N) is 1. The minimum Gasteiger partial charge on any atom is -0.374 e. The molecule has 2 unspecified atom stereocenters. The molecule has 1 aliphatic rings. The van der Waals surface area contributed by atoms with Gasteiger partial charge in [-0.1, -0.05) is 30.3 Å². The summed E-state index contributed by atoms with van der Waals surface area (Å²) in [6.45, 7) is 5.99. The Hall–Kier alpha value is -0.900. The van der Waals surface area contributed by atoms with Gasteiger partial charge in [0.25, 0.3) is 0 Å². The van der Waals surface area contributed by atoms with Crippen LogP contribution in [0.3, 0.4) is 0 Å². The van der Waals surface area contributed by atoms with E-state index in [0.717, 1.165) is 26.2 Å². The lowest BCUT2D eigenvalue weighted by Gasteiger charge is -2.31. The molecule has 1 aromatic carbocycles. The largest absolute Gasteiger partial charge is 0.374 e. The van der Waals surface area contributed by atoms with Crippen LogP contribution in [0.25, 0.3) is 0 Å². The molecule has 94 valence electrons. The molecule has 0 spiro atoms. The summed E-state index contributed by atoms with van der Waals surface area (Å²) in [6.07, 6.45) is 0.319. The highest BCUT2D eigenvalue weighted by Crippen LogP contribution is 2.18. The smallest absolute Gasteiger partial charge is 0.0826 e. The summed E-state index contributed by atoms with van der Waals surface area (Å²) in [7, 11) is 2.16. The minimum atomic E-state index is 0.319. The van der Waals surface area contributed by atoms with Crippen LogP contribution in [-0.4, -0.2) is 44.3 Å². The number of nitrogens with zero attached hydrogens (tertiary/aromatic N) is 1. The Morgan fingerprint density at radius 2 is 2.18 bits per heavy atom. The van der Waals surface area contributed by atoms with E-state index in [2.05, 4.69) is 54.5 Å². The average Bonchev–Trinajstić information content (AvgIpc) is 2.40. The lowest BCUT2D eigenvalue weighted by molar-refractivity contribution is 0.00393. The maximum Gasteiger partial charge on any atom is 0.0826 e. The van der Waals surface area contributed by atoms with Crippen molar-refractivity contribution in [3.63, 3.8) is 0 Å². The molecular weight excluding hydrogens is 212 g/mol. The van der Waals surface area contributed by atoms with E-state index >= 15 is 0 Å². The molecule has 0 bridgehead atoms. The number of morpholine rings is 1. The third-order valence-electron chi connectivity index (χ3n) is 3.44. The molecule has 2 atom stereocenters. The molecule has 0 saturated carbocycles. The molecule has 0 radical (unpaired) electrons. The van der Waals surface area contributed by atoms with Crippen molar-refractivity contribution in [2.75, 3.05) is 33.3 Å². The van der Waals surface area contributed by atoms with E-state index in [-0.39, 0.29) is 0 Å². The fraction of sp³-hybridized carbons (Fsp3) is 0.571. The van der Waals surface area contributed by atoms with Gasteiger partial charge in [0.1, 0.15) is 0 Å². The van der Waals surface area contributed by atoms with Crippen LogP contribution in [0.5, 0.6) is 0 Å². The zero-order valence-corrected chi connectivity index (χ0v) is 10.7. The third-order valence-corrected chi connectivity index (χ3v) is 3.44. The number of rotatable bonds is 4. The van der Waals surface area contributed by atoms with Crippen LogP contribution in [0, 0.1) is 0 Å². The van der Waals surface area contributed by atoms with Gasteiger partial charge in [0, 0.05) is 25.7 Å². The van der Waals surface area contributed by atoms with Crippen LogP contribution in [0.1, 0.15) is 18.5 Å². The fourth-order valence-electron chi connectivity index (χ4n) is 2.20. The standard InChI is InChI=1S/C14H22N2O/c1-12(13-6-4-3-5-7-13)16(2)11-14-10-15-8-9-17-14/h3-7,12,14-15H,8-11H2,1-2H3. The maximum absolute atomic E-state index is 5.73. The fourth-order valence-corrected chi connectivity index (χ4v) is 2.20. The zero-order chi connectivity index (χ0) is 12.1. The molecule has 17 heavy (non-hydrogen) atoms. The average molecular weight is 234 g/mol. The molecule has 1 N–H and O–H groups in total. The summed E-state index contributed by atoms with van der Waals surface area (Å²) in [5.41, 5.74) is 1.36. The first-order valence-corrected chi connectivity index (χ1v) is 6.35. The van der Waals surface area contributed by atoms with Crippen molar-refractivity contribution in [2.24, 2.45) is 0 Å². The van der Waals surface area contributed by atoms with E-state index in [0.29, 0.717) is 12.1 Å². The first-order chi connectivity index (χ1) is 8.27. The molecule has 0 amide bonds. The molecule has 1 saturated heterocycles. The summed E-state index contributed by atoms with van der Waals surface area (Å²) in [5.74, 6) is 0. The second-order valence-electron chi connectivity index (χ2n) is 4.72. The predicted octanol–water partition coefficient (Wildman–Crippen LogP) is 1.67. The molecule has 0 aromatic heterocycles. The van der Waals surface area contributed by atoms with E-state index in [9.17, 15) is 0 Å². The second kappa shape index (κ2) is 6.15. The van der Waals surface area contributed by atoms with Gasteiger partial charge in [-0.25, -0.2) is 0 Å². The maximum atomic E-state index is 5.73. The van der Waals surface area contributed by atoms with E-state index < -0.39 is 0 Å². The van der Waals surface area contributed by atoms with Crippen molar-refractivity contribution < 1.29 is 4.74 Å². The second-order valence-corrected chi connectivity index (χ2v) is 4.72. The molecule has 1 aliphatic heterocycles. The van der Waals surface area contributed by atoms with Gasteiger partial charge in [0.15, 0.2) is 0 Å². The monoisotopic (exact) mass is 234 g/mol. The highest BCUT2D eigenvalue weighted by molar-refractivity contribution is 5.18. The van der Waals surface area contributed by atoms with Gasteiger partial charge in [0.05, 0.1) is 12.7 Å². The van der Waals surface area contributed by atoms with Crippen LogP contribution < -0.4 is 5.32 Å². The quantitative estimate of drug-likeness (QED) is 0.857. The summed E-state index contributed by atoms with van der Waals surface area (Å²) in [4.78, 5) is 2.35. The van der Waals surface area contributed by atoms with Gasteiger partial charge in [-0.2, -0.15) is 0 Å². The Morgan fingerprint density at radius 3 is 2.82 bits per heavy atom. The predicted molar refractivity (Wildman–Crippen MR) is 70.1 cm³/mol. The Morgan fingerprint density at radius 1 is 1.41 bits per heavy atom. The highest BCUT2D eigenvalue weighted by Gasteiger charge is 2.19. The van der Waals surface area contributed by atoms with Gasteiger partial charge < -0.3 is 10.1 Å². The Bertz CT molecular complexity index is 322. The number of hydrogen-bond acceptors (Lipinski definition) is 3. The third kappa shape index (κ3) is 3.53. The van der Waals surface area contributed by atoms with E-state index in [4.69, 9.17) is 4.74 Å². The molecular formula is C14H22N2O. The van der Waals surface area contributed by atoms with Gasteiger partial charge in [-0.3, -0.25) is 4.90 Å². The zero-order valence-electron chi connectivity index (χ0n) is 10.7. The molecule has 3 nitrogen and oxygen atoms in total. The van der Waals surface area contributed by atoms with Crippen molar-refractivity contribution in [3.05, 3.63) is 35.9 Å². The van der Waals surface area contributed by atoms with Crippen LogP contribution in [0.4, 0.5) is 0 Å². The van der Waals surface area contributed by atoms with Crippen molar-refractivity contribution in [1.82, 2.24) is 10.2 Å². The first kappa shape index (κ1) is 12.6. The van der Waals surface area contributed by atoms with Gasteiger partial charge in [-0.15, -0.1) is 0 Å². The van der Waals surface area contributed by atoms with Crippen LogP contribution in [0.2, 0.25) is 0 Å². The van der Waals surface area contributed by atoms with Gasteiger partial charge >= 0.3 is 0 Å². The van der Waals surface area contributed by atoms with Crippen LogP contribution in [0.15, 0.2) is 30.3 Å². The number of likely N-dealkylation sites (N-methyl/N-ethyl adjacent to an activating group) is 1. The molecule has 1 aromatic rings. The number of hydrogen-bond donors (Lipinski definition) is 1. The lowest BCUT2D eigenvalue weighted by atomic mass is 10.1. The van der Waals surface area contributed by atoms with E-state index in [1.165, 1.54) is 5.56 Å². The topological polar surface area (TPSA) is 24.5 Å². The summed E-state index contributed by atoms with van der Waals surface area (Å²) in [6, 6.07) is 11.0. The highest BCUT2D eigenvalue weighted by atomic mass is 16.5. The number of benzene rings is 1. The van der Waals surface area contributed by atoms with Crippen LogP contribution >= 0.6 is 0 Å². The van der Waals surface area contributed by atoms with Crippen molar-refractivity contribution >= 4 is 0 Å². The molecule has 2 rings (SSSR count). The molecule has 3 heteroatoms. The van der Waals surface area contributed by atoms with Gasteiger partial charge in [0.2, 0.25) is 0 Å². The Balaban J connectivity index is 1.88. The number of ether oxygens (including phenoxy) is 1. The molecule has 0 aliphatic carbocycles. The molecule has 1 fully saturated rings. The van der Waals surface area contributed by atoms with Crippen LogP contribution in [-0.2, 0) is 4.74 Å². The molecule has 1 heterocycles.